The average Bonchev–Trinajstić information content (AvgIpc) is 2.66. The van der Waals surface area contributed by atoms with Gasteiger partial charge in [-0.15, -0.1) is 0 Å². The van der Waals surface area contributed by atoms with Crippen LogP contribution in [0.3, 0.4) is 0 Å². The Morgan fingerprint density at radius 3 is 2.56 bits per heavy atom. The number of esters is 1. The molecule has 1 rings (SSSR count). The zero-order chi connectivity index (χ0) is 13.9. The molecule has 18 heavy (non-hydrogen) atoms. The second-order valence-corrected chi connectivity index (χ2v) is 4.51. The zero-order valence-electron chi connectivity index (χ0n) is 10.2. The molecule has 0 radical (unpaired) electrons. The molecular formula is C10H13F3N2O2S. The lowest BCUT2D eigenvalue weighted by Gasteiger charge is -2.21. The number of ether oxygens (including phenoxy) is 1. The first-order valence-electron chi connectivity index (χ1n) is 5.16. The summed E-state index contributed by atoms with van der Waals surface area (Å²) >= 11 is 0.906. The number of rotatable bonds is 4. The normalized spacial score (nSPS) is 11.4. The third kappa shape index (κ3) is 3.59. The highest BCUT2D eigenvalue weighted by atomic mass is 32.1. The molecule has 0 fully saturated rings. The highest BCUT2D eigenvalue weighted by molar-refractivity contribution is 7.17. The van der Waals surface area contributed by atoms with E-state index in [-0.39, 0.29) is 16.6 Å². The second kappa shape index (κ2) is 5.55. The van der Waals surface area contributed by atoms with E-state index in [1.807, 2.05) is 0 Å². The monoisotopic (exact) mass is 282 g/mol. The topological polar surface area (TPSA) is 42.4 Å². The van der Waals surface area contributed by atoms with Crippen molar-refractivity contribution in [3.05, 3.63) is 10.6 Å². The molecule has 0 spiro atoms. The molecule has 0 saturated carbocycles. The second-order valence-electron chi connectivity index (χ2n) is 3.53. The summed E-state index contributed by atoms with van der Waals surface area (Å²) in [7, 11) is 1.22. The Bertz CT molecular complexity index is 431. The maximum Gasteiger partial charge on any atom is 0.406 e. The van der Waals surface area contributed by atoms with Crippen LogP contribution in [0, 0.1) is 6.92 Å². The summed E-state index contributed by atoms with van der Waals surface area (Å²) in [6, 6.07) is 0. The van der Waals surface area contributed by atoms with Gasteiger partial charge in [-0.05, 0) is 13.8 Å². The first kappa shape index (κ1) is 14.7. The van der Waals surface area contributed by atoms with Crippen LogP contribution in [0.5, 0.6) is 0 Å². The summed E-state index contributed by atoms with van der Waals surface area (Å²) < 4.78 is 41.6. The van der Waals surface area contributed by atoms with Crippen LogP contribution in [0.2, 0.25) is 0 Å². The molecule has 0 atom stereocenters. The van der Waals surface area contributed by atoms with E-state index in [0.29, 0.717) is 5.69 Å². The first-order valence-corrected chi connectivity index (χ1v) is 5.97. The highest BCUT2D eigenvalue weighted by Gasteiger charge is 2.32. The fourth-order valence-electron chi connectivity index (χ4n) is 1.33. The molecule has 0 N–H and O–H groups in total. The number of anilines is 1. The molecule has 0 aliphatic heterocycles. The fourth-order valence-corrected chi connectivity index (χ4v) is 2.38. The number of aromatic nitrogens is 1. The van der Waals surface area contributed by atoms with Gasteiger partial charge in [-0.3, -0.25) is 0 Å². The number of aryl methyl sites for hydroxylation is 1. The lowest BCUT2D eigenvalue weighted by molar-refractivity contribution is -0.119. The summed E-state index contributed by atoms with van der Waals surface area (Å²) in [6.07, 6.45) is -4.30. The zero-order valence-corrected chi connectivity index (χ0v) is 11.0. The molecule has 0 aromatic carbocycles. The first-order chi connectivity index (χ1) is 8.28. The van der Waals surface area contributed by atoms with E-state index in [0.717, 1.165) is 16.2 Å². The molecular weight excluding hydrogens is 269 g/mol. The van der Waals surface area contributed by atoms with E-state index in [1.54, 1.807) is 13.8 Å². The SMILES string of the molecule is CCN(CC(F)(F)F)c1nc(C)c(C(=O)OC)s1. The van der Waals surface area contributed by atoms with Gasteiger partial charge in [0.05, 0.1) is 12.8 Å². The molecule has 0 bridgehead atoms. The predicted octanol–water partition coefficient (Wildman–Crippen LogP) is 2.63. The van der Waals surface area contributed by atoms with Crippen LogP contribution in [0.25, 0.3) is 0 Å². The maximum absolute atomic E-state index is 12.4. The number of hydrogen-bond donors (Lipinski definition) is 0. The van der Waals surface area contributed by atoms with Crippen molar-refractivity contribution in [3.8, 4) is 0 Å². The van der Waals surface area contributed by atoms with E-state index in [1.165, 1.54) is 7.11 Å². The van der Waals surface area contributed by atoms with Crippen LogP contribution >= 0.6 is 11.3 Å². The van der Waals surface area contributed by atoms with Gasteiger partial charge in [0.2, 0.25) is 0 Å². The van der Waals surface area contributed by atoms with Gasteiger partial charge in [-0.1, -0.05) is 11.3 Å². The molecule has 4 nitrogen and oxygen atoms in total. The van der Waals surface area contributed by atoms with Gasteiger partial charge in [0.1, 0.15) is 11.4 Å². The summed E-state index contributed by atoms with van der Waals surface area (Å²) in [5, 5.41) is 0.174. The fraction of sp³-hybridized carbons (Fsp3) is 0.600. The van der Waals surface area contributed by atoms with Gasteiger partial charge in [-0.25, -0.2) is 9.78 Å². The van der Waals surface area contributed by atoms with Crippen molar-refractivity contribution in [2.24, 2.45) is 0 Å². The lowest BCUT2D eigenvalue weighted by atomic mass is 10.4. The third-order valence-corrected chi connectivity index (χ3v) is 3.38. The Balaban J connectivity index is 2.98. The van der Waals surface area contributed by atoms with E-state index in [4.69, 9.17) is 0 Å². The van der Waals surface area contributed by atoms with Gasteiger partial charge in [0.15, 0.2) is 5.13 Å². The van der Waals surface area contributed by atoms with Gasteiger partial charge in [-0.2, -0.15) is 13.2 Å². The minimum Gasteiger partial charge on any atom is -0.465 e. The van der Waals surface area contributed by atoms with Crippen molar-refractivity contribution in [2.75, 3.05) is 25.1 Å². The van der Waals surface area contributed by atoms with Crippen molar-refractivity contribution in [2.45, 2.75) is 20.0 Å². The van der Waals surface area contributed by atoms with E-state index < -0.39 is 18.7 Å². The quantitative estimate of drug-likeness (QED) is 0.796. The largest absolute Gasteiger partial charge is 0.465 e. The lowest BCUT2D eigenvalue weighted by Crippen LogP contribution is -2.33. The van der Waals surface area contributed by atoms with Crippen molar-refractivity contribution in [1.82, 2.24) is 4.98 Å². The van der Waals surface area contributed by atoms with Crippen LogP contribution in [0.15, 0.2) is 0 Å². The van der Waals surface area contributed by atoms with Crippen LogP contribution < -0.4 is 4.90 Å². The highest BCUT2D eigenvalue weighted by Crippen LogP contribution is 2.29. The van der Waals surface area contributed by atoms with Crippen molar-refractivity contribution in [3.63, 3.8) is 0 Å². The van der Waals surface area contributed by atoms with Crippen LogP contribution in [-0.2, 0) is 4.74 Å². The molecule has 8 heteroatoms. The van der Waals surface area contributed by atoms with Gasteiger partial charge < -0.3 is 9.64 Å². The van der Waals surface area contributed by atoms with E-state index in [9.17, 15) is 18.0 Å². The van der Waals surface area contributed by atoms with Crippen LogP contribution in [0.4, 0.5) is 18.3 Å². The molecule has 0 aliphatic rings. The molecule has 1 aromatic heterocycles. The van der Waals surface area contributed by atoms with Crippen molar-refractivity contribution >= 4 is 22.4 Å². The van der Waals surface area contributed by atoms with Crippen LogP contribution in [-0.4, -0.2) is 37.3 Å². The molecule has 0 unspecified atom stereocenters. The van der Waals surface area contributed by atoms with E-state index >= 15 is 0 Å². The summed E-state index contributed by atoms with van der Waals surface area (Å²) in [5.74, 6) is -0.584. The summed E-state index contributed by atoms with van der Waals surface area (Å²) in [6.45, 7) is 2.23. The average molecular weight is 282 g/mol. The third-order valence-electron chi connectivity index (χ3n) is 2.18. The van der Waals surface area contributed by atoms with Crippen molar-refractivity contribution < 1.29 is 22.7 Å². The van der Waals surface area contributed by atoms with Crippen LogP contribution in [0.1, 0.15) is 22.3 Å². The number of carbonyl (C=O) groups is 1. The molecule has 0 aliphatic carbocycles. The van der Waals surface area contributed by atoms with E-state index in [2.05, 4.69) is 9.72 Å². The Morgan fingerprint density at radius 2 is 2.11 bits per heavy atom. The maximum atomic E-state index is 12.4. The molecule has 102 valence electrons. The number of alkyl halides is 3. The number of carbonyl (C=O) groups excluding carboxylic acids is 1. The number of hydrogen-bond acceptors (Lipinski definition) is 5. The number of methoxy groups -OCH3 is 1. The number of halogens is 3. The van der Waals surface area contributed by atoms with Crippen molar-refractivity contribution in [1.29, 1.82) is 0 Å². The van der Waals surface area contributed by atoms with Gasteiger partial charge in [0, 0.05) is 6.54 Å². The smallest absolute Gasteiger partial charge is 0.406 e. The Hall–Kier alpha value is -1.31. The Labute approximate surface area is 106 Å². The minimum absolute atomic E-state index is 0.160. The minimum atomic E-state index is -4.30. The summed E-state index contributed by atoms with van der Waals surface area (Å²) in [4.78, 5) is 16.6. The molecule has 0 saturated heterocycles. The Morgan fingerprint density at radius 1 is 1.50 bits per heavy atom. The number of nitrogens with zero attached hydrogens (tertiary/aromatic N) is 2. The molecule has 1 heterocycles. The number of thiazole rings is 1. The Kier molecular flexibility index (Phi) is 4.55. The predicted molar refractivity (Wildman–Crippen MR) is 62.1 cm³/mol. The van der Waals surface area contributed by atoms with Gasteiger partial charge >= 0.3 is 12.1 Å². The molecule has 1 aromatic rings. The summed E-state index contributed by atoms with van der Waals surface area (Å²) in [5.41, 5.74) is 0.377. The molecule has 0 amide bonds. The van der Waals surface area contributed by atoms with Gasteiger partial charge in [0.25, 0.3) is 0 Å². The standard InChI is InChI=1S/C10H13F3N2O2S/c1-4-15(5-10(11,12)13)9-14-6(2)7(18-9)8(16)17-3/h4-5H2,1-3H3.